The van der Waals surface area contributed by atoms with Gasteiger partial charge in [-0.2, -0.15) is 0 Å². The third-order valence-corrected chi connectivity index (χ3v) is 1.90. The fourth-order valence-electron chi connectivity index (χ4n) is 1.28. The van der Waals surface area contributed by atoms with E-state index < -0.39 is 0 Å². The van der Waals surface area contributed by atoms with E-state index >= 15 is 0 Å². The molecule has 0 saturated carbocycles. The highest BCUT2D eigenvalue weighted by atomic mass is 16.1. The van der Waals surface area contributed by atoms with Crippen molar-refractivity contribution < 1.29 is 0 Å². The number of aromatic amines is 1. The van der Waals surface area contributed by atoms with Crippen LogP contribution in [0.25, 0.3) is 10.8 Å². The number of fused-ring (bicyclic) bond motifs is 1. The quantitative estimate of drug-likeness (QED) is 0.625. The molecule has 1 N–H and O–H groups in total. The van der Waals surface area contributed by atoms with Crippen LogP contribution in [0.1, 0.15) is 5.56 Å². The Balaban J connectivity index is 2.87. The summed E-state index contributed by atoms with van der Waals surface area (Å²) in [6.07, 6.45) is 1.74. The maximum Gasteiger partial charge on any atom is 0.248 e. The van der Waals surface area contributed by atoms with Gasteiger partial charge in [0, 0.05) is 12.3 Å². The zero-order valence-electron chi connectivity index (χ0n) is 6.79. The lowest BCUT2D eigenvalue weighted by Crippen LogP contribution is -2.01. The van der Waals surface area contributed by atoms with E-state index in [-0.39, 0.29) is 5.56 Å². The fraction of sp³-hybridized carbons (Fsp3) is 0.100. The van der Waals surface area contributed by atoms with Gasteiger partial charge in [0.05, 0.1) is 0 Å². The molecule has 0 atom stereocenters. The summed E-state index contributed by atoms with van der Waals surface area (Å²) in [6, 6.07) is 7.61. The average Bonchev–Trinajstić information content (AvgIpc) is 2.05. The highest BCUT2D eigenvalue weighted by Crippen LogP contribution is 2.11. The molecule has 1 aromatic carbocycles. The van der Waals surface area contributed by atoms with Crippen LogP contribution in [0.3, 0.4) is 0 Å². The Kier molecular flexibility index (Phi) is 1.47. The van der Waals surface area contributed by atoms with Crippen LogP contribution in [0.5, 0.6) is 0 Å². The van der Waals surface area contributed by atoms with Crippen molar-refractivity contribution >= 4 is 10.8 Å². The van der Waals surface area contributed by atoms with Crippen LogP contribution < -0.4 is 5.56 Å². The van der Waals surface area contributed by atoms with Gasteiger partial charge in [0.15, 0.2) is 0 Å². The van der Waals surface area contributed by atoms with Crippen molar-refractivity contribution in [3.8, 4) is 0 Å². The number of benzene rings is 1. The van der Waals surface area contributed by atoms with Crippen LogP contribution in [0.2, 0.25) is 0 Å². The van der Waals surface area contributed by atoms with Crippen LogP contribution in [0.15, 0.2) is 35.3 Å². The molecule has 0 bridgehead atoms. The van der Waals surface area contributed by atoms with Gasteiger partial charge in [-0.15, -0.1) is 0 Å². The minimum absolute atomic E-state index is 0.0497. The van der Waals surface area contributed by atoms with E-state index in [4.69, 9.17) is 0 Å². The van der Waals surface area contributed by atoms with Gasteiger partial charge in [-0.25, -0.2) is 0 Å². The van der Waals surface area contributed by atoms with Crippen LogP contribution >= 0.6 is 0 Å². The van der Waals surface area contributed by atoms with Gasteiger partial charge in [-0.3, -0.25) is 4.79 Å². The van der Waals surface area contributed by atoms with E-state index in [9.17, 15) is 4.79 Å². The van der Waals surface area contributed by atoms with Crippen LogP contribution in [0, 0.1) is 6.92 Å². The first-order chi connectivity index (χ1) is 5.75. The molecule has 0 aliphatic rings. The van der Waals surface area contributed by atoms with E-state index in [1.54, 1.807) is 12.3 Å². The number of hydrogen-bond acceptors (Lipinski definition) is 1. The molecule has 0 aliphatic carbocycles. The summed E-state index contributed by atoms with van der Waals surface area (Å²) in [4.78, 5) is 13.6. The summed E-state index contributed by atoms with van der Waals surface area (Å²) in [5.74, 6) is 0. The van der Waals surface area contributed by atoms with Crippen molar-refractivity contribution in [2.24, 2.45) is 0 Å². The molecule has 1 aromatic heterocycles. The maximum absolute atomic E-state index is 10.9. The van der Waals surface area contributed by atoms with E-state index in [1.807, 2.05) is 25.1 Å². The molecule has 2 heteroatoms. The smallest absolute Gasteiger partial charge is 0.248 e. The Morgan fingerprint density at radius 2 is 2.00 bits per heavy atom. The van der Waals surface area contributed by atoms with Gasteiger partial charge in [-0.1, -0.05) is 17.7 Å². The normalized spacial score (nSPS) is 10.4. The average molecular weight is 159 g/mol. The minimum atomic E-state index is -0.0497. The van der Waals surface area contributed by atoms with Crippen molar-refractivity contribution in [3.05, 3.63) is 46.4 Å². The van der Waals surface area contributed by atoms with Crippen LogP contribution in [-0.4, -0.2) is 4.98 Å². The van der Waals surface area contributed by atoms with Gasteiger partial charge in [0.1, 0.15) is 0 Å². The summed E-state index contributed by atoms with van der Waals surface area (Å²) in [5.41, 5.74) is 1.15. The van der Waals surface area contributed by atoms with Gasteiger partial charge >= 0.3 is 0 Å². The molecular weight excluding hydrogens is 150 g/mol. The second kappa shape index (κ2) is 2.48. The molecule has 0 amide bonds. The Hall–Kier alpha value is -1.57. The van der Waals surface area contributed by atoms with Gasteiger partial charge in [0.2, 0.25) is 5.56 Å². The molecule has 0 spiro atoms. The van der Waals surface area contributed by atoms with Crippen molar-refractivity contribution in [2.75, 3.05) is 0 Å². The first kappa shape index (κ1) is 7.10. The summed E-state index contributed by atoms with van der Waals surface area (Å²) < 4.78 is 0. The van der Waals surface area contributed by atoms with Crippen LogP contribution in [0.4, 0.5) is 0 Å². The molecule has 0 aliphatic heterocycles. The first-order valence-electron chi connectivity index (χ1n) is 3.85. The second-order valence-electron chi connectivity index (χ2n) is 2.93. The van der Waals surface area contributed by atoms with E-state index in [2.05, 4.69) is 4.98 Å². The number of nitrogens with one attached hydrogen (secondary N) is 1. The van der Waals surface area contributed by atoms with Gasteiger partial charge in [0.25, 0.3) is 0 Å². The third-order valence-electron chi connectivity index (χ3n) is 1.90. The van der Waals surface area contributed by atoms with E-state index in [1.165, 1.54) is 5.56 Å². The summed E-state index contributed by atoms with van der Waals surface area (Å²) in [6.45, 7) is 2.03. The van der Waals surface area contributed by atoms with E-state index in [0.717, 1.165) is 10.8 Å². The highest BCUT2D eigenvalue weighted by molar-refractivity contribution is 5.81. The fourth-order valence-corrected chi connectivity index (χ4v) is 1.28. The molecule has 12 heavy (non-hydrogen) atoms. The largest absolute Gasteiger partial charge is 0.328 e. The molecule has 0 fully saturated rings. The molecule has 0 unspecified atom stereocenters. The lowest BCUT2D eigenvalue weighted by atomic mass is 10.1. The second-order valence-corrected chi connectivity index (χ2v) is 2.93. The van der Waals surface area contributed by atoms with E-state index in [0.29, 0.717) is 0 Å². The number of H-pyrrole nitrogens is 1. The van der Waals surface area contributed by atoms with Crippen LogP contribution in [-0.2, 0) is 0 Å². The Labute approximate surface area is 69.9 Å². The molecule has 60 valence electrons. The number of rotatable bonds is 0. The summed E-state index contributed by atoms with van der Waals surface area (Å²) >= 11 is 0. The first-order valence-corrected chi connectivity index (χ1v) is 3.85. The molecule has 1 heterocycles. The Morgan fingerprint density at radius 3 is 2.83 bits per heavy atom. The van der Waals surface area contributed by atoms with Crippen molar-refractivity contribution in [3.63, 3.8) is 0 Å². The van der Waals surface area contributed by atoms with Crippen molar-refractivity contribution in [2.45, 2.75) is 6.92 Å². The SMILES string of the molecule is Cc1ccc2cc(=O)[nH]cc2c1. The molecule has 0 saturated heterocycles. The summed E-state index contributed by atoms with van der Waals surface area (Å²) in [5, 5.41) is 2.07. The predicted octanol–water partition coefficient (Wildman–Crippen LogP) is 1.84. The van der Waals surface area contributed by atoms with Gasteiger partial charge in [-0.05, 0) is 23.8 Å². The third kappa shape index (κ3) is 1.11. The highest BCUT2D eigenvalue weighted by Gasteiger charge is 1.92. The number of pyridine rings is 1. The van der Waals surface area contributed by atoms with Gasteiger partial charge < -0.3 is 4.98 Å². The zero-order valence-corrected chi connectivity index (χ0v) is 6.79. The standard InChI is InChI=1S/C10H9NO/c1-7-2-3-8-5-10(12)11-6-9(8)4-7/h2-6H,1H3,(H,11,12). The molecular formula is C10H9NO. The predicted molar refractivity (Wildman–Crippen MR) is 49.3 cm³/mol. The number of hydrogen-bond donors (Lipinski definition) is 1. The molecule has 2 rings (SSSR count). The molecule has 0 radical (unpaired) electrons. The minimum Gasteiger partial charge on any atom is -0.328 e. The topological polar surface area (TPSA) is 32.9 Å². The molecule has 2 nitrogen and oxygen atoms in total. The summed E-state index contributed by atoms with van der Waals surface area (Å²) in [7, 11) is 0. The maximum atomic E-state index is 10.9. The Bertz CT molecular complexity index is 470. The van der Waals surface area contributed by atoms with Crippen molar-refractivity contribution in [1.82, 2.24) is 4.98 Å². The molecule has 2 aromatic rings. The lowest BCUT2D eigenvalue weighted by Gasteiger charge is -1.96. The lowest BCUT2D eigenvalue weighted by molar-refractivity contribution is 1.26. The Morgan fingerprint density at radius 1 is 1.17 bits per heavy atom. The zero-order chi connectivity index (χ0) is 8.55. The number of aryl methyl sites for hydroxylation is 1. The van der Waals surface area contributed by atoms with Crippen molar-refractivity contribution in [1.29, 1.82) is 0 Å². The number of aromatic nitrogens is 1. The monoisotopic (exact) mass is 159 g/mol.